The summed E-state index contributed by atoms with van der Waals surface area (Å²) < 4.78 is 45.4. The number of hydrogen-bond donors (Lipinski definition) is 1. The Hall–Kier alpha value is -3.96. The Morgan fingerprint density at radius 2 is 1.58 bits per heavy atom. The molecule has 0 fully saturated rings. The van der Waals surface area contributed by atoms with Crippen molar-refractivity contribution < 1.29 is 32.2 Å². The van der Waals surface area contributed by atoms with E-state index in [1.54, 1.807) is 55.5 Å². The van der Waals surface area contributed by atoms with Crippen molar-refractivity contribution in [1.29, 1.82) is 0 Å². The van der Waals surface area contributed by atoms with Gasteiger partial charge in [0.2, 0.25) is 11.8 Å². The third kappa shape index (κ3) is 8.32. The molecule has 0 bridgehead atoms. The molecule has 0 aromatic heterocycles. The fraction of sp³-hybridized carbons (Fsp3) is 0.355. The summed E-state index contributed by atoms with van der Waals surface area (Å²) in [5.74, 6) is 0.109. The van der Waals surface area contributed by atoms with Crippen molar-refractivity contribution in [2.45, 2.75) is 51.2 Å². The van der Waals surface area contributed by atoms with E-state index in [0.717, 1.165) is 4.31 Å². The number of carbonyl (C=O) groups excluding carboxylic acids is 2. The molecule has 12 heteroatoms. The maximum Gasteiger partial charge on any atom is 0.264 e. The van der Waals surface area contributed by atoms with E-state index in [1.807, 2.05) is 20.8 Å². The molecule has 0 aliphatic rings. The van der Waals surface area contributed by atoms with Gasteiger partial charge in [0, 0.05) is 23.7 Å². The molecule has 1 N–H and O–H groups in total. The second-order valence-corrected chi connectivity index (χ2v) is 12.2. The van der Waals surface area contributed by atoms with Crippen molar-refractivity contribution in [1.82, 2.24) is 10.2 Å². The molecule has 0 aliphatic heterocycles. The first-order chi connectivity index (χ1) is 20.4. The quantitative estimate of drug-likeness (QED) is 0.269. The number of ether oxygens (including phenoxy) is 3. The summed E-state index contributed by atoms with van der Waals surface area (Å²) in [5, 5.41) is 3.24. The summed E-state index contributed by atoms with van der Waals surface area (Å²) in [7, 11) is -1.48. The van der Waals surface area contributed by atoms with Crippen LogP contribution >= 0.6 is 11.6 Å². The average molecular weight is 632 g/mol. The Balaban J connectivity index is 2.09. The van der Waals surface area contributed by atoms with E-state index < -0.39 is 28.5 Å². The third-order valence-corrected chi connectivity index (χ3v) is 8.69. The maximum absolute atomic E-state index is 14.2. The van der Waals surface area contributed by atoms with Crippen LogP contribution in [0.15, 0.2) is 71.6 Å². The van der Waals surface area contributed by atoms with Crippen LogP contribution in [0.25, 0.3) is 0 Å². The van der Waals surface area contributed by atoms with Gasteiger partial charge in [0.15, 0.2) is 11.5 Å². The SMILES string of the molecule is CCOc1ccc(N(CC(=O)N(Cc2ccccc2Cl)C(C)C(=O)NC(C)C)S(=O)(=O)c2ccc(OC)c(OC)c2)cc1. The van der Waals surface area contributed by atoms with E-state index in [0.29, 0.717) is 28.7 Å². The first-order valence-corrected chi connectivity index (χ1v) is 15.6. The molecule has 0 saturated carbocycles. The zero-order chi connectivity index (χ0) is 31.7. The normalized spacial score (nSPS) is 11.9. The standard InChI is InChI=1S/C31H38ClN3O7S/c1-7-42-25-14-12-24(13-15-25)35(43(38,39)26-16-17-28(40-5)29(18-26)41-6)20-30(36)34(22(4)31(37)33-21(2)3)19-23-10-8-9-11-27(23)32/h8-18,21-22H,7,19-20H2,1-6H3,(H,33,37). The number of rotatable bonds is 14. The highest BCUT2D eigenvalue weighted by Crippen LogP contribution is 2.33. The van der Waals surface area contributed by atoms with Crippen LogP contribution in [0.4, 0.5) is 5.69 Å². The van der Waals surface area contributed by atoms with Crippen molar-refractivity contribution in [3.05, 3.63) is 77.3 Å². The van der Waals surface area contributed by atoms with Crippen molar-refractivity contribution in [3.63, 3.8) is 0 Å². The van der Waals surface area contributed by atoms with E-state index in [4.69, 9.17) is 25.8 Å². The number of methoxy groups -OCH3 is 2. The highest BCUT2D eigenvalue weighted by molar-refractivity contribution is 7.92. The Labute approximate surface area is 258 Å². The molecule has 10 nitrogen and oxygen atoms in total. The zero-order valence-electron chi connectivity index (χ0n) is 25.2. The van der Waals surface area contributed by atoms with Crippen molar-refractivity contribution in [2.24, 2.45) is 0 Å². The van der Waals surface area contributed by atoms with Gasteiger partial charge in [-0.3, -0.25) is 13.9 Å². The minimum Gasteiger partial charge on any atom is -0.494 e. The lowest BCUT2D eigenvalue weighted by atomic mass is 10.1. The number of nitrogens with one attached hydrogen (secondary N) is 1. The molecule has 0 heterocycles. The fourth-order valence-corrected chi connectivity index (χ4v) is 5.93. The molecule has 1 unspecified atom stereocenters. The van der Waals surface area contributed by atoms with Gasteiger partial charge in [0.1, 0.15) is 18.3 Å². The zero-order valence-corrected chi connectivity index (χ0v) is 26.7. The highest BCUT2D eigenvalue weighted by Gasteiger charge is 2.33. The molecule has 3 aromatic rings. The lowest BCUT2D eigenvalue weighted by Crippen LogP contribution is -2.52. The Kier molecular flexibility index (Phi) is 11.7. The number of hydrogen-bond acceptors (Lipinski definition) is 7. The van der Waals surface area contributed by atoms with E-state index in [-0.39, 0.29) is 34.8 Å². The topological polar surface area (TPSA) is 114 Å². The summed E-state index contributed by atoms with van der Waals surface area (Å²) >= 11 is 6.41. The van der Waals surface area contributed by atoms with Crippen LogP contribution in [0.3, 0.4) is 0 Å². The largest absolute Gasteiger partial charge is 0.494 e. The predicted octanol–water partition coefficient (Wildman–Crippen LogP) is 4.89. The van der Waals surface area contributed by atoms with Crippen LogP contribution in [0, 0.1) is 0 Å². The number of sulfonamides is 1. The van der Waals surface area contributed by atoms with Gasteiger partial charge < -0.3 is 24.4 Å². The van der Waals surface area contributed by atoms with Gasteiger partial charge in [0.05, 0.1) is 31.4 Å². The molecule has 0 spiro atoms. The van der Waals surface area contributed by atoms with Crippen LogP contribution in [0.1, 0.15) is 33.3 Å². The summed E-state index contributed by atoms with van der Waals surface area (Å²) in [6.45, 7) is 6.87. The molecule has 3 aromatic carbocycles. The molecule has 0 aliphatic carbocycles. The van der Waals surface area contributed by atoms with Gasteiger partial charge in [-0.25, -0.2) is 8.42 Å². The predicted molar refractivity (Wildman–Crippen MR) is 166 cm³/mol. The van der Waals surface area contributed by atoms with E-state index in [9.17, 15) is 18.0 Å². The molecular formula is C31H38ClN3O7S. The lowest BCUT2D eigenvalue weighted by molar-refractivity contribution is -0.139. The summed E-state index contributed by atoms with van der Waals surface area (Å²) in [5.41, 5.74) is 0.834. The van der Waals surface area contributed by atoms with Crippen LogP contribution in [0.5, 0.6) is 17.2 Å². The van der Waals surface area contributed by atoms with E-state index in [2.05, 4.69) is 5.32 Å². The summed E-state index contributed by atoms with van der Waals surface area (Å²) in [6.07, 6.45) is 0. The van der Waals surface area contributed by atoms with E-state index in [1.165, 1.54) is 37.3 Å². The highest BCUT2D eigenvalue weighted by atomic mass is 35.5. The van der Waals surface area contributed by atoms with Crippen molar-refractivity contribution >= 4 is 39.1 Å². The summed E-state index contributed by atoms with van der Waals surface area (Å²) in [6, 6.07) is 16.4. The molecule has 2 amide bonds. The van der Waals surface area contributed by atoms with Crippen molar-refractivity contribution in [2.75, 3.05) is 31.7 Å². The molecule has 3 rings (SSSR count). The number of amides is 2. The molecule has 0 radical (unpaired) electrons. The van der Waals surface area contributed by atoms with Crippen LogP contribution in [0.2, 0.25) is 5.02 Å². The van der Waals surface area contributed by atoms with Gasteiger partial charge in [0.25, 0.3) is 10.0 Å². The molecule has 0 saturated heterocycles. The first-order valence-electron chi connectivity index (χ1n) is 13.7. The number of benzene rings is 3. The minimum atomic E-state index is -4.33. The average Bonchev–Trinajstić information content (AvgIpc) is 2.98. The number of halogens is 1. The third-order valence-electron chi connectivity index (χ3n) is 6.55. The van der Waals surface area contributed by atoms with Crippen molar-refractivity contribution in [3.8, 4) is 17.2 Å². The van der Waals surface area contributed by atoms with E-state index >= 15 is 0 Å². The number of carbonyl (C=O) groups is 2. The summed E-state index contributed by atoms with van der Waals surface area (Å²) in [4.78, 5) is 28.4. The molecule has 43 heavy (non-hydrogen) atoms. The Morgan fingerprint density at radius 3 is 2.16 bits per heavy atom. The Morgan fingerprint density at radius 1 is 0.930 bits per heavy atom. The Bertz CT molecular complexity index is 1510. The fourth-order valence-electron chi connectivity index (χ4n) is 4.31. The number of anilines is 1. The van der Waals surface area contributed by atoms with Gasteiger partial charge in [-0.05, 0) is 75.7 Å². The molecule has 1 atom stereocenters. The second-order valence-electron chi connectivity index (χ2n) is 9.91. The number of nitrogens with zero attached hydrogens (tertiary/aromatic N) is 2. The first kappa shape index (κ1) is 33.5. The smallest absolute Gasteiger partial charge is 0.264 e. The van der Waals surface area contributed by atoms with Crippen LogP contribution < -0.4 is 23.8 Å². The molecular weight excluding hydrogens is 594 g/mol. The van der Waals surface area contributed by atoms with Gasteiger partial charge in [-0.2, -0.15) is 0 Å². The maximum atomic E-state index is 14.2. The van der Waals surface area contributed by atoms with Crippen LogP contribution in [-0.4, -0.2) is 64.6 Å². The van der Waals surface area contributed by atoms with Gasteiger partial charge in [-0.1, -0.05) is 29.8 Å². The minimum absolute atomic E-state index is 0.0152. The second kappa shape index (κ2) is 15.0. The van der Waals surface area contributed by atoms with Gasteiger partial charge >= 0.3 is 0 Å². The van der Waals surface area contributed by atoms with Crippen LogP contribution in [-0.2, 0) is 26.2 Å². The lowest BCUT2D eigenvalue weighted by Gasteiger charge is -2.32. The molecule has 232 valence electrons. The monoisotopic (exact) mass is 631 g/mol. The van der Waals surface area contributed by atoms with Gasteiger partial charge in [-0.15, -0.1) is 0 Å².